The van der Waals surface area contributed by atoms with Crippen LogP contribution in [0.1, 0.15) is 0 Å². The van der Waals surface area contributed by atoms with Crippen LogP contribution >= 0.6 is 0 Å². The molecule has 0 unspecified atom stereocenters. The smallest absolute Gasteiger partial charge is 0.147 e. The highest BCUT2D eigenvalue weighted by Crippen LogP contribution is 2.48. The first-order valence-corrected chi connectivity index (χ1v) is 26.7. The summed E-state index contributed by atoms with van der Waals surface area (Å²) in [6.45, 7) is 0. The van der Waals surface area contributed by atoms with Crippen molar-refractivity contribution >= 4 is 120 Å². The number of rotatable bonds is 6. The highest BCUT2D eigenvalue weighted by atomic mass is 16.4. The van der Waals surface area contributed by atoms with E-state index in [4.69, 9.17) is 17.7 Å². The van der Waals surface area contributed by atoms with E-state index in [1.165, 1.54) is 32.3 Å². The second kappa shape index (κ2) is 15.9. The molecule has 0 spiro atoms. The van der Waals surface area contributed by atoms with Crippen molar-refractivity contribution in [2.24, 2.45) is 0 Å². The Bertz CT molecular complexity index is 5430. The number of hydrogen-bond donors (Lipinski definition) is 0. The summed E-state index contributed by atoms with van der Waals surface area (Å²) < 4.78 is 34.8. The van der Waals surface area contributed by atoms with Crippen molar-refractivity contribution < 1.29 is 17.7 Å². The number of furan rings is 4. The Morgan fingerprint density at radius 1 is 0.228 bits per heavy atom. The lowest BCUT2D eigenvalue weighted by atomic mass is 9.98. The first kappa shape index (κ1) is 42.5. The van der Waals surface area contributed by atoms with Gasteiger partial charge < -0.3 is 31.4 Å². The first-order valence-electron chi connectivity index (χ1n) is 26.7. The minimum Gasteiger partial charge on any atom is -0.456 e. The van der Waals surface area contributed by atoms with Gasteiger partial charge in [0.25, 0.3) is 0 Å². The molecule has 7 aromatic heterocycles. The molecule has 7 heterocycles. The number of benzene rings is 11. The molecule has 79 heavy (non-hydrogen) atoms. The molecule has 7 nitrogen and oxygen atoms in total. The molecule has 0 saturated carbocycles. The summed E-state index contributed by atoms with van der Waals surface area (Å²) in [7, 11) is 0. The van der Waals surface area contributed by atoms with Crippen molar-refractivity contribution in [2.45, 2.75) is 0 Å². The Morgan fingerprint density at radius 3 is 0.924 bits per heavy atom. The average molecular weight is 1010 g/mol. The lowest BCUT2D eigenvalue weighted by Gasteiger charge is -2.07. The fraction of sp³-hybridized carbons (Fsp3) is 0. The van der Waals surface area contributed by atoms with Crippen molar-refractivity contribution in [2.75, 3.05) is 0 Å². The number of hydrogen-bond acceptors (Lipinski definition) is 4. The molecule has 0 aliphatic rings. The van der Waals surface area contributed by atoms with Gasteiger partial charge in [-0.05, 0) is 127 Å². The Morgan fingerprint density at radius 2 is 0.544 bits per heavy atom. The number of aromatic nitrogens is 3. The number of nitrogens with zero attached hydrogens (tertiary/aromatic N) is 3. The lowest BCUT2D eigenvalue weighted by molar-refractivity contribution is 0.621. The van der Waals surface area contributed by atoms with E-state index in [9.17, 15) is 0 Å². The van der Waals surface area contributed by atoms with Gasteiger partial charge in [-0.25, -0.2) is 0 Å². The van der Waals surface area contributed by atoms with E-state index < -0.39 is 0 Å². The molecular formula is C72H41N3O4. The molecule has 7 heteroatoms. The molecular weight excluding hydrogens is 971 g/mol. The normalized spacial score (nSPS) is 12.3. The Labute approximate surface area is 449 Å². The van der Waals surface area contributed by atoms with Gasteiger partial charge in [0.05, 0.1) is 44.2 Å². The molecule has 0 atom stereocenters. The van der Waals surface area contributed by atoms with Gasteiger partial charge in [0.15, 0.2) is 0 Å². The third kappa shape index (κ3) is 6.06. The van der Waals surface area contributed by atoms with Gasteiger partial charge in [-0.2, -0.15) is 0 Å². The molecule has 0 N–H and O–H groups in total. The van der Waals surface area contributed by atoms with Gasteiger partial charge in [-0.15, -0.1) is 0 Å². The first-order chi connectivity index (χ1) is 39.1. The fourth-order valence-electron chi connectivity index (χ4n) is 13.0. The molecule has 0 fully saturated rings. The van der Waals surface area contributed by atoms with E-state index in [0.717, 1.165) is 116 Å². The summed E-state index contributed by atoms with van der Waals surface area (Å²) in [6.07, 6.45) is 0. The third-order valence-corrected chi connectivity index (χ3v) is 16.5. The minimum atomic E-state index is 0.692. The minimum absolute atomic E-state index is 0.692. The molecule has 11 aromatic carbocycles. The highest BCUT2D eigenvalue weighted by molar-refractivity contribution is 6.19. The van der Waals surface area contributed by atoms with Crippen molar-refractivity contribution in [1.29, 1.82) is 0 Å². The topological polar surface area (TPSA) is 67.3 Å². The van der Waals surface area contributed by atoms with E-state index in [-0.39, 0.29) is 0 Å². The van der Waals surface area contributed by atoms with Crippen LogP contribution in [0, 0.1) is 0 Å². The molecule has 0 amide bonds. The Balaban J connectivity index is 0.818. The van der Waals surface area contributed by atoms with Gasteiger partial charge in [0.2, 0.25) is 0 Å². The van der Waals surface area contributed by atoms with Crippen LogP contribution in [0.4, 0.5) is 0 Å². The van der Waals surface area contributed by atoms with Crippen LogP contribution in [0.5, 0.6) is 0 Å². The summed E-state index contributed by atoms with van der Waals surface area (Å²) in [6, 6.07) is 88.0. The number of fused-ring (bicyclic) bond motifs is 15. The van der Waals surface area contributed by atoms with Gasteiger partial charge in [0.1, 0.15) is 45.2 Å². The fourth-order valence-corrected chi connectivity index (χ4v) is 13.0. The van der Waals surface area contributed by atoms with Crippen LogP contribution in [0.15, 0.2) is 266 Å². The van der Waals surface area contributed by atoms with E-state index >= 15 is 0 Å². The van der Waals surface area contributed by atoms with E-state index in [2.05, 4.69) is 262 Å². The molecule has 0 saturated heterocycles. The SMILES string of the molecule is c1cc(-c2cc3cc(-n4c5ccccc5c5ccccc54)ccc3o2)c2oc3c(-c4cc5cc(-n6c7ccccc7c7ccccc76)ccc5o4)ccc(-c4cc5cc(-n6c7ccccc7c7ccccc76)ccc5o4)c3c2c1. The van der Waals surface area contributed by atoms with Gasteiger partial charge in [-0.1, -0.05) is 121 Å². The van der Waals surface area contributed by atoms with Crippen molar-refractivity contribution in [1.82, 2.24) is 13.7 Å². The van der Waals surface area contributed by atoms with Crippen LogP contribution in [-0.4, -0.2) is 13.7 Å². The van der Waals surface area contributed by atoms with Crippen molar-refractivity contribution in [3.8, 4) is 51.0 Å². The van der Waals surface area contributed by atoms with E-state index in [1.54, 1.807) is 0 Å². The maximum atomic E-state index is 7.29. The Hall–Kier alpha value is -10.8. The number of para-hydroxylation sites is 7. The summed E-state index contributed by atoms with van der Waals surface area (Å²) >= 11 is 0. The molecule has 0 bridgehead atoms. The second-order valence-corrected chi connectivity index (χ2v) is 20.8. The van der Waals surface area contributed by atoms with Crippen molar-refractivity contribution in [3.05, 3.63) is 249 Å². The molecule has 18 rings (SSSR count). The van der Waals surface area contributed by atoms with E-state index in [1.807, 2.05) is 0 Å². The average Bonchev–Trinajstić information content (AvgIpc) is 4.56. The predicted octanol–water partition coefficient (Wildman–Crippen LogP) is 20.1. The molecule has 368 valence electrons. The summed E-state index contributed by atoms with van der Waals surface area (Å²) in [5.41, 5.74) is 16.5. The maximum Gasteiger partial charge on any atom is 0.147 e. The van der Waals surface area contributed by atoms with Crippen LogP contribution < -0.4 is 0 Å². The summed E-state index contributed by atoms with van der Waals surface area (Å²) in [5, 5.41) is 12.2. The zero-order chi connectivity index (χ0) is 51.4. The van der Waals surface area contributed by atoms with Gasteiger partial charge in [0, 0.05) is 81.9 Å². The second-order valence-electron chi connectivity index (χ2n) is 20.8. The monoisotopic (exact) mass is 1010 g/mol. The third-order valence-electron chi connectivity index (χ3n) is 16.5. The summed E-state index contributed by atoms with van der Waals surface area (Å²) in [4.78, 5) is 0. The van der Waals surface area contributed by atoms with E-state index in [0.29, 0.717) is 22.7 Å². The molecule has 0 aliphatic heterocycles. The quantitative estimate of drug-likeness (QED) is 0.166. The highest BCUT2D eigenvalue weighted by Gasteiger charge is 2.25. The molecule has 0 aliphatic carbocycles. The van der Waals surface area contributed by atoms with Gasteiger partial charge >= 0.3 is 0 Å². The molecule has 18 aromatic rings. The lowest BCUT2D eigenvalue weighted by Crippen LogP contribution is -1.92. The predicted molar refractivity (Wildman–Crippen MR) is 322 cm³/mol. The maximum absolute atomic E-state index is 7.29. The van der Waals surface area contributed by atoms with Crippen LogP contribution in [0.3, 0.4) is 0 Å². The van der Waals surface area contributed by atoms with Crippen LogP contribution in [0.2, 0.25) is 0 Å². The standard InChI is InChI=1S/C72H41N3O4/c1-7-22-58-48(14-1)49-15-2-8-23-59(49)73(58)45-28-33-64-42(36-45)39-67(76-64)54-31-32-56(69-41-44-38-47(30-35-66(44)78-69)75-62-26-11-5-18-52(62)53-19-6-12-27-63(53)75)72-70(54)57-21-13-20-55(71(57)79-72)68-40-43-37-46(29-34-65(43)77-68)74-60-24-9-3-16-50(60)51-17-4-10-25-61(51)74/h1-41H. The largest absolute Gasteiger partial charge is 0.456 e. The van der Waals surface area contributed by atoms with Gasteiger partial charge in [-0.3, -0.25) is 0 Å². The molecule has 0 radical (unpaired) electrons. The zero-order valence-electron chi connectivity index (χ0n) is 42.1. The van der Waals surface area contributed by atoms with Crippen LogP contribution in [0.25, 0.3) is 171 Å². The zero-order valence-corrected chi connectivity index (χ0v) is 42.1. The van der Waals surface area contributed by atoms with Crippen LogP contribution in [-0.2, 0) is 0 Å². The van der Waals surface area contributed by atoms with Crippen molar-refractivity contribution in [3.63, 3.8) is 0 Å². The summed E-state index contributed by atoms with van der Waals surface area (Å²) in [5.74, 6) is 2.15. The Kier molecular flexibility index (Phi) is 8.54.